The molecule has 0 aliphatic heterocycles. The Hall–Kier alpha value is -9.65. The zero-order valence-electron chi connectivity index (χ0n) is 55.9. The van der Waals surface area contributed by atoms with E-state index in [2.05, 4.69) is 72.0 Å². The van der Waals surface area contributed by atoms with E-state index in [4.69, 9.17) is 22.9 Å². The van der Waals surface area contributed by atoms with Gasteiger partial charge in [0.15, 0.2) is 0 Å². The summed E-state index contributed by atoms with van der Waals surface area (Å²) < 4.78 is 0. The maximum absolute atomic E-state index is 15.2. The van der Waals surface area contributed by atoms with Crippen LogP contribution in [0.3, 0.4) is 0 Å². The molecule has 0 aliphatic rings. The highest BCUT2D eigenvalue weighted by Crippen LogP contribution is 2.20. The van der Waals surface area contributed by atoms with Crippen molar-refractivity contribution < 1.29 is 68.1 Å². The van der Waals surface area contributed by atoms with E-state index in [1.54, 1.807) is 121 Å². The number of H-pyrrole nitrogens is 1. The van der Waals surface area contributed by atoms with Gasteiger partial charge in [0.1, 0.15) is 54.4 Å². The molecule has 0 aliphatic carbocycles. The highest BCUT2D eigenvalue weighted by molar-refractivity contribution is 6.00. The Morgan fingerprint density at radius 1 is 0.444 bits per heavy atom. The van der Waals surface area contributed by atoms with Crippen LogP contribution in [0.1, 0.15) is 93.9 Å². The summed E-state index contributed by atoms with van der Waals surface area (Å²) in [6, 6.07) is 16.6. The van der Waals surface area contributed by atoms with Crippen molar-refractivity contribution in [2.24, 2.45) is 22.9 Å². The van der Waals surface area contributed by atoms with Crippen molar-refractivity contribution in [3.05, 3.63) is 158 Å². The van der Waals surface area contributed by atoms with Crippen LogP contribution in [-0.4, -0.2) is 184 Å². The number of nitrogens with two attached hydrogens (primary N) is 4. The van der Waals surface area contributed by atoms with Gasteiger partial charge in [-0.1, -0.05) is 129 Å². The molecule has 2 radical (unpaired) electrons. The molecule has 22 N–H and O–H groups in total. The Balaban J connectivity index is 1.46. The second-order valence-electron chi connectivity index (χ2n) is 24.4. The SMILES string of the molecule is [CH2]CC[C@@H]([CH2])NC(=O)[C@H](CO)NC(=O)[C@@H](NC(=O)[C@H](Cc1ccccc1)NC(=O)[C@@H](NC(=O)[C@H](CCCCN)NC(=O)[C@@H](Cc1c[nH]c2ccccc12)NC(=O)[C@H](Cc1ccccc1)NC(=O)[C@H](Cc1ccccc1)NC(=O)[C@H](CC(N)=O)NC(=O)[C@@H](N)CCCCN)C(C)O)C(C)O. The number of aromatic nitrogens is 1. The van der Waals surface area contributed by atoms with E-state index < -0.39 is 157 Å². The van der Waals surface area contributed by atoms with Crippen LogP contribution >= 0.6 is 0 Å². The van der Waals surface area contributed by atoms with E-state index in [-0.39, 0.29) is 51.5 Å². The summed E-state index contributed by atoms with van der Waals surface area (Å²) >= 11 is 0. The number of benzene rings is 4. The maximum atomic E-state index is 15.2. The molecule has 0 saturated heterocycles. The molecular weight excluding hydrogens is 1270 g/mol. The number of carbonyl (C=O) groups is 11. The normalized spacial score (nSPS) is 15.2. The average Bonchev–Trinajstić information content (AvgIpc) is 1.77. The molecule has 99 heavy (non-hydrogen) atoms. The molecule has 0 bridgehead atoms. The molecule has 29 heteroatoms. The molecular formula is C70H97N15O14. The fraction of sp³-hybridized carbons (Fsp3) is 0.443. The number of aliphatic hydroxyl groups excluding tert-OH is 3. The Bertz CT molecular complexity index is 3430. The van der Waals surface area contributed by atoms with E-state index in [0.717, 1.165) is 0 Å². The molecule has 4 aromatic carbocycles. The summed E-state index contributed by atoms with van der Waals surface area (Å²) in [6.07, 6.45) is -0.487. The lowest BCUT2D eigenvalue weighted by Gasteiger charge is -2.29. The van der Waals surface area contributed by atoms with E-state index in [1.807, 2.05) is 0 Å². The molecule has 11 amide bonds. The third kappa shape index (κ3) is 26.6. The van der Waals surface area contributed by atoms with Crippen LogP contribution in [0, 0.1) is 13.8 Å². The second kappa shape index (κ2) is 41.6. The summed E-state index contributed by atoms with van der Waals surface area (Å²) in [5.41, 5.74) is 26.0. The Labute approximate surface area is 576 Å². The number of rotatable bonds is 43. The Morgan fingerprint density at radius 2 is 0.818 bits per heavy atom. The van der Waals surface area contributed by atoms with Gasteiger partial charge in [0.2, 0.25) is 65.0 Å². The molecule has 1 heterocycles. The zero-order valence-corrected chi connectivity index (χ0v) is 55.9. The molecule has 5 aromatic rings. The molecule has 0 fully saturated rings. The van der Waals surface area contributed by atoms with E-state index in [0.29, 0.717) is 71.8 Å². The second-order valence-corrected chi connectivity index (χ2v) is 24.4. The minimum atomic E-state index is -1.83. The van der Waals surface area contributed by atoms with Crippen LogP contribution in [-0.2, 0) is 78.4 Å². The lowest BCUT2D eigenvalue weighted by Crippen LogP contribution is -2.63. The van der Waals surface area contributed by atoms with Gasteiger partial charge in [0.25, 0.3) is 0 Å². The van der Waals surface area contributed by atoms with Crippen LogP contribution < -0.4 is 76.1 Å². The van der Waals surface area contributed by atoms with Gasteiger partial charge in [-0.15, -0.1) is 0 Å². The lowest BCUT2D eigenvalue weighted by molar-refractivity contribution is -0.138. The first-order chi connectivity index (χ1) is 47.4. The number of hydrogen-bond donors (Lipinski definition) is 18. The number of hydrogen-bond acceptors (Lipinski definition) is 17. The van der Waals surface area contributed by atoms with Gasteiger partial charge in [0, 0.05) is 48.8 Å². The monoisotopic (exact) mass is 1370 g/mol. The lowest BCUT2D eigenvalue weighted by atomic mass is 10.00. The maximum Gasteiger partial charge on any atom is 0.245 e. The van der Waals surface area contributed by atoms with Gasteiger partial charge in [0.05, 0.1) is 31.3 Å². The van der Waals surface area contributed by atoms with Gasteiger partial charge < -0.3 is 96.4 Å². The van der Waals surface area contributed by atoms with Crippen LogP contribution in [0.25, 0.3) is 10.9 Å². The first-order valence-electron chi connectivity index (χ1n) is 33.1. The molecule has 5 rings (SSSR count). The van der Waals surface area contributed by atoms with Crippen LogP contribution in [0.4, 0.5) is 0 Å². The molecule has 536 valence electrons. The first-order valence-corrected chi connectivity index (χ1v) is 33.1. The highest BCUT2D eigenvalue weighted by Gasteiger charge is 2.38. The number of aliphatic hydroxyl groups is 3. The number of para-hydroxylation sites is 1. The fourth-order valence-corrected chi connectivity index (χ4v) is 10.7. The van der Waals surface area contributed by atoms with Gasteiger partial charge in [-0.05, 0) is 101 Å². The van der Waals surface area contributed by atoms with Crippen molar-refractivity contribution in [3.63, 3.8) is 0 Å². The van der Waals surface area contributed by atoms with Crippen LogP contribution in [0.2, 0.25) is 0 Å². The topological polar surface area (TPSA) is 489 Å². The molecule has 1 aromatic heterocycles. The number of nitrogens with one attached hydrogen (secondary N) is 11. The summed E-state index contributed by atoms with van der Waals surface area (Å²) in [7, 11) is 0. The summed E-state index contributed by atoms with van der Waals surface area (Å²) in [6.45, 7) is 9.57. The average molecular weight is 1370 g/mol. The fourth-order valence-electron chi connectivity index (χ4n) is 10.7. The Kier molecular flexibility index (Phi) is 33.6. The van der Waals surface area contributed by atoms with Crippen molar-refractivity contribution in [1.82, 2.24) is 58.2 Å². The molecule has 29 nitrogen and oxygen atoms in total. The third-order valence-electron chi connectivity index (χ3n) is 16.2. The minimum absolute atomic E-state index is 0.101. The van der Waals surface area contributed by atoms with Gasteiger partial charge in [-0.2, -0.15) is 0 Å². The van der Waals surface area contributed by atoms with Crippen molar-refractivity contribution in [1.29, 1.82) is 0 Å². The number of aromatic amines is 1. The van der Waals surface area contributed by atoms with E-state index in [9.17, 15) is 58.5 Å². The van der Waals surface area contributed by atoms with Gasteiger partial charge >= 0.3 is 0 Å². The van der Waals surface area contributed by atoms with E-state index >= 15 is 9.59 Å². The number of fused-ring (bicyclic) bond motifs is 1. The number of carbonyl (C=O) groups excluding carboxylic acids is 11. The molecule has 0 saturated carbocycles. The first kappa shape index (κ1) is 80.0. The van der Waals surface area contributed by atoms with Gasteiger partial charge in [-0.25, -0.2) is 0 Å². The third-order valence-corrected chi connectivity index (χ3v) is 16.2. The predicted octanol–water partition coefficient (Wildman–Crippen LogP) is -2.05. The standard InChI is InChI=1S/C70H97N15O14/c1-5-21-41(2)76-68(97)57(40-86)83-70(99)60(43(4)88)85-67(96)54(36-46-26-13-8-14-27-46)82-69(98)59(42(3)87)84-62(91)51(31-18-20-33-72)77-65(94)55(37-47-39-75-50-30-16-15-28-48(47)50)81-64(93)53(35-45-24-11-7-12-25-45)79-63(92)52(34-44-22-9-6-10-23-44)80-66(95)56(38-58(74)89)78-61(90)49(73)29-17-19-32-71/h6-16,22-28,30,39,41-43,49,51-57,59-60,75,86-88H,1-2,5,17-21,29,31-38,40,71-73H2,3-4H3,(H2,74,89)(H,76,97)(H,77,94)(H,78,90)(H,79,92)(H,80,95)(H,81,93)(H,82,98)(H,83,99)(H,84,91)(H,85,96)/t41-,42?,43?,49+,51+,52+,53+,54+,55-,56+,57+,59+,60+/m1/s1. The number of unbranched alkanes of at least 4 members (excludes halogenated alkanes) is 2. The van der Waals surface area contributed by atoms with Crippen molar-refractivity contribution in [2.45, 2.75) is 176 Å². The summed E-state index contributed by atoms with van der Waals surface area (Å²) in [5, 5.41) is 58.5. The smallest absolute Gasteiger partial charge is 0.245 e. The largest absolute Gasteiger partial charge is 0.394 e. The van der Waals surface area contributed by atoms with Crippen LogP contribution in [0.15, 0.2) is 121 Å². The predicted molar refractivity (Wildman–Crippen MR) is 370 cm³/mol. The van der Waals surface area contributed by atoms with Crippen LogP contribution in [0.5, 0.6) is 0 Å². The van der Waals surface area contributed by atoms with Crippen molar-refractivity contribution in [3.8, 4) is 0 Å². The molecule has 2 unspecified atom stereocenters. The molecule has 13 atom stereocenters. The van der Waals surface area contributed by atoms with Crippen molar-refractivity contribution in [2.75, 3.05) is 19.7 Å². The Morgan fingerprint density at radius 3 is 1.26 bits per heavy atom. The van der Waals surface area contributed by atoms with E-state index in [1.165, 1.54) is 13.8 Å². The van der Waals surface area contributed by atoms with Crippen molar-refractivity contribution >= 4 is 75.9 Å². The summed E-state index contributed by atoms with van der Waals surface area (Å²) in [5.74, 6) is -10.4. The number of amides is 11. The molecule has 0 spiro atoms. The van der Waals surface area contributed by atoms with Gasteiger partial charge in [-0.3, -0.25) is 52.7 Å². The number of primary amides is 1. The minimum Gasteiger partial charge on any atom is -0.394 e. The highest BCUT2D eigenvalue weighted by atomic mass is 16.3. The zero-order chi connectivity index (χ0) is 72.6. The summed E-state index contributed by atoms with van der Waals surface area (Å²) in [4.78, 5) is 158. The quantitative estimate of drug-likeness (QED) is 0.0187.